The summed E-state index contributed by atoms with van der Waals surface area (Å²) in [5, 5.41) is 20.3. The molecule has 3 unspecified atom stereocenters. The highest BCUT2D eigenvalue weighted by Crippen LogP contribution is 2.11. The lowest BCUT2D eigenvalue weighted by atomic mass is 10.2. The van der Waals surface area contributed by atoms with Crippen LogP contribution >= 0.6 is 0 Å². The van der Waals surface area contributed by atoms with Crippen molar-refractivity contribution in [2.75, 3.05) is 33.4 Å². The number of aliphatic carboxylic acids is 1. The standard InChI is InChI=1S/C11H20N2O6/c1-7-6-19-8(5-14)4-13(7)11(17)12-3-9(18-2)10(15)16/h7-9,14H,3-6H2,1-2H3,(H,12,17)(H,15,16). The van der Waals surface area contributed by atoms with Gasteiger partial charge in [0, 0.05) is 7.11 Å². The number of rotatable bonds is 5. The molecule has 8 heteroatoms. The maximum Gasteiger partial charge on any atom is 0.334 e. The van der Waals surface area contributed by atoms with Crippen LogP contribution in [-0.2, 0) is 14.3 Å². The first kappa shape index (κ1) is 15.7. The normalized spacial score (nSPS) is 24.9. The van der Waals surface area contributed by atoms with Crippen LogP contribution in [0.15, 0.2) is 0 Å². The van der Waals surface area contributed by atoms with Crippen LogP contribution in [0.4, 0.5) is 4.79 Å². The lowest BCUT2D eigenvalue weighted by Gasteiger charge is -2.37. The van der Waals surface area contributed by atoms with Crippen LogP contribution in [0.1, 0.15) is 6.92 Å². The van der Waals surface area contributed by atoms with Crippen molar-refractivity contribution in [3.8, 4) is 0 Å². The predicted octanol–water partition coefficient (Wildman–Crippen LogP) is -1.12. The number of carbonyl (C=O) groups is 2. The molecule has 2 amide bonds. The van der Waals surface area contributed by atoms with E-state index in [-0.39, 0.29) is 25.7 Å². The molecule has 1 aliphatic heterocycles. The third kappa shape index (κ3) is 4.34. The Bertz CT molecular complexity index is 324. The van der Waals surface area contributed by atoms with Crippen molar-refractivity contribution >= 4 is 12.0 Å². The third-order valence-electron chi connectivity index (χ3n) is 2.97. The summed E-state index contributed by atoms with van der Waals surface area (Å²) < 4.78 is 10.0. The second kappa shape index (κ2) is 7.27. The maximum atomic E-state index is 11.9. The van der Waals surface area contributed by atoms with Crippen LogP contribution in [-0.4, -0.2) is 78.8 Å². The van der Waals surface area contributed by atoms with Crippen molar-refractivity contribution < 1.29 is 29.3 Å². The fourth-order valence-electron chi connectivity index (χ4n) is 1.76. The van der Waals surface area contributed by atoms with Crippen molar-refractivity contribution in [1.29, 1.82) is 0 Å². The van der Waals surface area contributed by atoms with Crippen LogP contribution in [0.5, 0.6) is 0 Å². The van der Waals surface area contributed by atoms with E-state index in [1.54, 1.807) is 0 Å². The van der Waals surface area contributed by atoms with Gasteiger partial charge in [-0.2, -0.15) is 0 Å². The van der Waals surface area contributed by atoms with Crippen molar-refractivity contribution in [3.63, 3.8) is 0 Å². The number of nitrogens with zero attached hydrogens (tertiary/aromatic N) is 1. The molecule has 1 saturated heterocycles. The molecule has 1 fully saturated rings. The second-order valence-corrected chi connectivity index (χ2v) is 4.39. The fraction of sp³-hybridized carbons (Fsp3) is 0.818. The molecule has 0 radical (unpaired) electrons. The van der Waals surface area contributed by atoms with E-state index in [1.807, 2.05) is 6.92 Å². The number of methoxy groups -OCH3 is 1. The zero-order chi connectivity index (χ0) is 14.4. The summed E-state index contributed by atoms with van der Waals surface area (Å²) in [4.78, 5) is 24.2. The van der Waals surface area contributed by atoms with Crippen LogP contribution in [0.2, 0.25) is 0 Å². The largest absolute Gasteiger partial charge is 0.479 e. The number of urea groups is 1. The molecule has 110 valence electrons. The minimum absolute atomic E-state index is 0.113. The Kier molecular flexibility index (Phi) is 6.00. The number of hydrogen-bond donors (Lipinski definition) is 3. The van der Waals surface area contributed by atoms with Crippen molar-refractivity contribution in [1.82, 2.24) is 10.2 Å². The lowest BCUT2D eigenvalue weighted by molar-refractivity contribution is -0.148. The quantitative estimate of drug-likeness (QED) is 0.587. The van der Waals surface area contributed by atoms with Gasteiger partial charge in [-0.15, -0.1) is 0 Å². The summed E-state index contributed by atoms with van der Waals surface area (Å²) in [5.74, 6) is -1.13. The van der Waals surface area contributed by atoms with Crippen molar-refractivity contribution in [2.24, 2.45) is 0 Å². The summed E-state index contributed by atoms with van der Waals surface area (Å²) in [7, 11) is 1.27. The molecular weight excluding hydrogens is 256 g/mol. The molecular formula is C11H20N2O6. The Labute approximate surface area is 111 Å². The van der Waals surface area contributed by atoms with E-state index in [1.165, 1.54) is 12.0 Å². The fourth-order valence-corrected chi connectivity index (χ4v) is 1.76. The van der Waals surface area contributed by atoms with Gasteiger partial charge in [0.1, 0.15) is 0 Å². The number of carboxylic acids is 1. The summed E-state index contributed by atoms with van der Waals surface area (Å²) in [6, 6.07) is -0.522. The van der Waals surface area contributed by atoms with Crippen LogP contribution in [0, 0.1) is 0 Å². The Balaban J connectivity index is 2.49. The summed E-state index contributed by atoms with van der Waals surface area (Å²) in [6.07, 6.45) is -1.48. The molecule has 8 nitrogen and oxygen atoms in total. The molecule has 0 aromatic rings. The molecule has 0 bridgehead atoms. The highest BCUT2D eigenvalue weighted by Gasteiger charge is 2.30. The minimum Gasteiger partial charge on any atom is -0.479 e. The number of morpholine rings is 1. The van der Waals surface area contributed by atoms with Gasteiger partial charge < -0.3 is 29.9 Å². The van der Waals surface area contributed by atoms with Crippen molar-refractivity contribution in [3.05, 3.63) is 0 Å². The number of nitrogens with one attached hydrogen (secondary N) is 1. The third-order valence-corrected chi connectivity index (χ3v) is 2.97. The van der Waals surface area contributed by atoms with Crippen LogP contribution in [0.25, 0.3) is 0 Å². The van der Waals surface area contributed by atoms with Crippen molar-refractivity contribution in [2.45, 2.75) is 25.2 Å². The van der Waals surface area contributed by atoms with E-state index in [2.05, 4.69) is 5.32 Å². The molecule has 3 N–H and O–H groups in total. The molecule has 1 aliphatic rings. The number of carboxylic acid groups (broad SMARTS) is 1. The molecule has 0 aromatic heterocycles. The van der Waals surface area contributed by atoms with E-state index >= 15 is 0 Å². The second-order valence-electron chi connectivity index (χ2n) is 4.39. The maximum absolute atomic E-state index is 11.9. The summed E-state index contributed by atoms with van der Waals surface area (Å²) >= 11 is 0. The first-order valence-electron chi connectivity index (χ1n) is 6.02. The number of carbonyl (C=O) groups excluding carboxylic acids is 1. The SMILES string of the molecule is COC(CNC(=O)N1CC(CO)OCC1C)C(=O)O. The highest BCUT2D eigenvalue weighted by molar-refractivity contribution is 5.77. The minimum atomic E-state index is -1.13. The summed E-state index contributed by atoms with van der Waals surface area (Å²) in [6.45, 7) is 2.16. The Hall–Kier alpha value is -1.38. The zero-order valence-corrected chi connectivity index (χ0v) is 11.0. The molecule has 3 atom stereocenters. The summed E-state index contributed by atoms with van der Waals surface area (Å²) in [5.41, 5.74) is 0. The van der Waals surface area contributed by atoms with E-state index in [9.17, 15) is 9.59 Å². The molecule has 0 spiro atoms. The number of amides is 2. The average molecular weight is 276 g/mol. The topological polar surface area (TPSA) is 108 Å². The first-order chi connectivity index (χ1) is 8.99. The van der Waals surface area contributed by atoms with Crippen LogP contribution < -0.4 is 5.32 Å². The van der Waals surface area contributed by atoms with E-state index < -0.39 is 24.2 Å². The van der Waals surface area contributed by atoms with Gasteiger partial charge in [0.2, 0.25) is 0 Å². The zero-order valence-electron chi connectivity index (χ0n) is 11.0. The molecule has 19 heavy (non-hydrogen) atoms. The van der Waals surface area contributed by atoms with Gasteiger partial charge in [-0.3, -0.25) is 0 Å². The van der Waals surface area contributed by atoms with E-state index in [0.717, 1.165) is 0 Å². The molecule has 1 rings (SSSR count). The van der Waals surface area contributed by atoms with Gasteiger partial charge in [0.25, 0.3) is 0 Å². The van der Waals surface area contributed by atoms with E-state index in [0.29, 0.717) is 6.61 Å². The molecule has 0 aliphatic carbocycles. The predicted molar refractivity (Wildman–Crippen MR) is 64.8 cm³/mol. The van der Waals surface area contributed by atoms with Gasteiger partial charge in [-0.25, -0.2) is 9.59 Å². The van der Waals surface area contributed by atoms with Crippen LogP contribution in [0.3, 0.4) is 0 Å². The smallest absolute Gasteiger partial charge is 0.334 e. The number of ether oxygens (including phenoxy) is 2. The first-order valence-corrected chi connectivity index (χ1v) is 6.02. The Morgan fingerprint density at radius 2 is 2.26 bits per heavy atom. The molecule has 0 aromatic carbocycles. The van der Waals surface area contributed by atoms with Gasteiger partial charge in [-0.1, -0.05) is 0 Å². The van der Waals surface area contributed by atoms with E-state index in [4.69, 9.17) is 19.7 Å². The Morgan fingerprint density at radius 3 is 2.79 bits per heavy atom. The van der Waals surface area contributed by atoms with Gasteiger partial charge in [0.05, 0.1) is 38.4 Å². The Morgan fingerprint density at radius 1 is 1.58 bits per heavy atom. The van der Waals surface area contributed by atoms with Gasteiger partial charge in [-0.05, 0) is 6.92 Å². The highest BCUT2D eigenvalue weighted by atomic mass is 16.5. The number of hydrogen-bond acceptors (Lipinski definition) is 5. The van der Waals surface area contributed by atoms with Gasteiger partial charge >= 0.3 is 12.0 Å². The lowest BCUT2D eigenvalue weighted by Crippen LogP contribution is -2.56. The number of aliphatic hydroxyl groups is 1. The van der Waals surface area contributed by atoms with Gasteiger partial charge in [0.15, 0.2) is 6.10 Å². The average Bonchev–Trinajstić information content (AvgIpc) is 2.39. The molecule has 1 heterocycles. The monoisotopic (exact) mass is 276 g/mol. The molecule has 0 saturated carbocycles. The number of aliphatic hydroxyl groups excluding tert-OH is 1.